The van der Waals surface area contributed by atoms with E-state index in [0.717, 1.165) is 5.69 Å². The molecule has 0 spiro atoms. The molecule has 92 valence electrons. The van der Waals surface area contributed by atoms with Crippen LogP contribution < -0.4 is 4.90 Å². The van der Waals surface area contributed by atoms with Crippen LogP contribution in [0.25, 0.3) is 0 Å². The van der Waals surface area contributed by atoms with E-state index in [4.69, 9.17) is 5.11 Å². The molecule has 0 aliphatic carbocycles. The number of aromatic nitrogens is 1. The summed E-state index contributed by atoms with van der Waals surface area (Å²) < 4.78 is 0. The molecule has 0 saturated carbocycles. The van der Waals surface area contributed by atoms with Crippen LogP contribution in [0, 0.1) is 0 Å². The maximum atomic E-state index is 12.2. The van der Waals surface area contributed by atoms with Crippen molar-refractivity contribution >= 4 is 11.6 Å². The van der Waals surface area contributed by atoms with E-state index < -0.39 is 0 Å². The largest absolute Gasteiger partial charge is 0.390 e. The molecule has 1 N–H and O–H groups in total. The number of para-hydroxylation sites is 1. The highest BCUT2D eigenvalue weighted by atomic mass is 16.3. The Balaban J connectivity index is 2.25. The van der Waals surface area contributed by atoms with Gasteiger partial charge >= 0.3 is 0 Å². The van der Waals surface area contributed by atoms with Gasteiger partial charge in [-0.15, -0.1) is 0 Å². The Hall–Kier alpha value is -2.20. The standard InChI is InChI=1S/C14H14N2O2/c1-16(13-5-3-2-4-6-13)14(18)11-7-8-15-12(9-11)10-17/h2-9,17H,10H2,1H3. The number of hydrogen-bond acceptors (Lipinski definition) is 3. The Morgan fingerprint density at radius 2 is 2.00 bits per heavy atom. The van der Waals surface area contributed by atoms with Crippen molar-refractivity contribution in [2.24, 2.45) is 0 Å². The van der Waals surface area contributed by atoms with Crippen LogP contribution in [0.2, 0.25) is 0 Å². The monoisotopic (exact) mass is 242 g/mol. The number of amides is 1. The summed E-state index contributed by atoms with van der Waals surface area (Å²) in [6.07, 6.45) is 1.53. The van der Waals surface area contributed by atoms with Crippen LogP contribution in [0.4, 0.5) is 5.69 Å². The van der Waals surface area contributed by atoms with E-state index in [-0.39, 0.29) is 12.5 Å². The summed E-state index contributed by atoms with van der Waals surface area (Å²) in [6, 6.07) is 12.6. The molecule has 0 saturated heterocycles. The molecule has 0 radical (unpaired) electrons. The number of anilines is 1. The summed E-state index contributed by atoms with van der Waals surface area (Å²) in [7, 11) is 1.72. The smallest absolute Gasteiger partial charge is 0.258 e. The molecule has 0 bridgehead atoms. The molecule has 18 heavy (non-hydrogen) atoms. The number of pyridine rings is 1. The van der Waals surface area contributed by atoms with Crippen LogP contribution >= 0.6 is 0 Å². The van der Waals surface area contributed by atoms with Crippen LogP contribution in [0.3, 0.4) is 0 Å². The van der Waals surface area contributed by atoms with Crippen molar-refractivity contribution in [3.63, 3.8) is 0 Å². The molecule has 0 aliphatic heterocycles. The summed E-state index contributed by atoms with van der Waals surface area (Å²) in [5.74, 6) is -0.127. The van der Waals surface area contributed by atoms with Crippen molar-refractivity contribution in [3.8, 4) is 0 Å². The molecule has 0 fully saturated rings. The lowest BCUT2D eigenvalue weighted by Gasteiger charge is -2.17. The normalized spacial score (nSPS) is 10.1. The molecule has 0 unspecified atom stereocenters. The van der Waals surface area contributed by atoms with Gasteiger partial charge in [-0.2, -0.15) is 0 Å². The average molecular weight is 242 g/mol. The second kappa shape index (κ2) is 5.42. The maximum absolute atomic E-state index is 12.2. The van der Waals surface area contributed by atoms with Gasteiger partial charge in [0, 0.05) is 24.5 Å². The van der Waals surface area contributed by atoms with Gasteiger partial charge in [-0.25, -0.2) is 0 Å². The third-order valence-corrected chi connectivity index (χ3v) is 2.67. The zero-order chi connectivity index (χ0) is 13.0. The van der Waals surface area contributed by atoms with Gasteiger partial charge < -0.3 is 10.0 Å². The summed E-state index contributed by atoms with van der Waals surface area (Å²) in [4.78, 5) is 17.7. The molecule has 2 rings (SSSR count). The number of benzene rings is 1. The lowest BCUT2D eigenvalue weighted by atomic mass is 10.2. The van der Waals surface area contributed by atoms with Crippen molar-refractivity contribution in [3.05, 3.63) is 59.9 Å². The third kappa shape index (κ3) is 2.55. The fourth-order valence-corrected chi connectivity index (χ4v) is 1.66. The van der Waals surface area contributed by atoms with Crippen LogP contribution in [-0.4, -0.2) is 23.0 Å². The lowest BCUT2D eigenvalue weighted by molar-refractivity contribution is 0.0992. The third-order valence-electron chi connectivity index (χ3n) is 2.67. The minimum atomic E-state index is -0.170. The zero-order valence-corrected chi connectivity index (χ0v) is 10.1. The van der Waals surface area contributed by atoms with Crippen molar-refractivity contribution in [2.75, 3.05) is 11.9 Å². The predicted octanol–water partition coefficient (Wildman–Crippen LogP) is 1.85. The molecule has 0 atom stereocenters. The van der Waals surface area contributed by atoms with Crippen LogP contribution in [0.15, 0.2) is 48.7 Å². The number of hydrogen-bond donors (Lipinski definition) is 1. The maximum Gasteiger partial charge on any atom is 0.258 e. The Kier molecular flexibility index (Phi) is 3.69. The Morgan fingerprint density at radius 3 is 2.67 bits per heavy atom. The van der Waals surface area contributed by atoms with Crippen LogP contribution in [0.5, 0.6) is 0 Å². The highest BCUT2D eigenvalue weighted by Gasteiger charge is 2.13. The molecule has 1 aromatic heterocycles. The van der Waals surface area contributed by atoms with E-state index >= 15 is 0 Å². The van der Waals surface area contributed by atoms with Gasteiger partial charge in [-0.3, -0.25) is 9.78 Å². The fourth-order valence-electron chi connectivity index (χ4n) is 1.66. The quantitative estimate of drug-likeness (QED) is 0.893. The first-order valence-corrected chi connectivity index (χ1v) is 5.61. The summed E-state index contributed by atoms with van der Waals surface area (Å²) in [6.45, 7) is -0.170. The van der Waals surface area contributed by atoms with Crippen molar-refractivity contribution in [1.82, 2.24) is 4.98 Å². The van der Waals surface area contributed by atoms with E-state index in [1.165, 1.54) is 6.20 Å². The van der Waals surface area contributed by atoms with E-state index in [2.05, 4.69) is 4.98 Å². The van der Waals surface area contributed by atoms with Gasteiger partial charge in [0.2, 0.25) is 0 Å². The highest BCUT2D eigenvalue weighted by molar-refractivity contribution is 6.05. The van der Waals surface area contributed by atoms with Crippen LogP contribution in [0.1, 0.15) is 16.1 Å². The Morgan fingerprint density at radius 1 is 1.28 bits per heavy atom. The first-order chi connectivity index (χ1) is 8.72. The number of carbonyl (C=O) groups is 1. The molecule has 4 nitrogen and oxygen atoms in total. The number of carbonyl (C=O) groups excluding carboxylic acids is 1. The van der Waals surface area contributed by atoms with Gasteiger partial charge in [0.05, 0.1) is 12.3 Å². The fraction of sp³-hybridized carbons (Fsp3) is 0.143. The topological polar surface area (TPSA) is 53.4 Å². The average Bonchev–Trinajstić information content (AvgIpc) is 2.46. The second-order valence-electron chi connectivity index (χ2n) is 3.89. The van der Waals surface area contributed by atoms with Crippen molar-refractivity contribution < 1.29 is 9.90 Å². The minimum Gasteiger partial charge on any atom is -0.390 e. The summed E-state index contributed by atoms with van der Waals surface area (Å²) in [5.41, 5.74) is 1.83. The zero-order valence-electron chi connectivity index (χ0n) is 10.1. The van der Waals surface area contributed by atoms with E-state index in [1.807, 2.05) is 30.3 Å². The molecule has 2 aromatic rings. The summed E-state index contributed by atoms with van der Waals surface area (Å²) in [5, 5.41) is 9.01. The molecule has 0 aliphatic rings. The van der Waals surface area contributed by atoms with Gasteiger partial charge in [-0.05, 0) is 24.3 Å². The summed E-state index contributed by atoms with van der Waals surface area (Å²) >= 11 is 0. The molecule has 1 amide bonds. The van der Waals surface area contributed by atoms with E-state index in [9.17, 15) is 4.79 Å². The molecule has 1 aromatic carbocycles. The van der Waals surface area contributed by atoms with E-state index in [1.54, 1.807) is 24.1 Å². The van der Waals surface area contributed by atoms with Gasteiger partial charge in [0.25, 0.3) is 5.91 Å². The SMILES string of the molecule is CN(C(=O)c1ccnc(CO)c1)c1ccccc1. The highest BCUT2D eigenvalue weighted by Crippen LogP contribution is 2.14. The van der Waals surface area contributed by atoms with Gasteiger partial charge in [0.15, 0.2) is 0 Å². The first kappa shape index (κ1) is 12.3. The molecule has 1 heterocycles. The predicted molar refractivity (Wildman–Crippen MR) is 69.3 cm³/mol. The second-order valence-corrected chi connectivity index (χ2v) is 3.89. The van der Waals surface area contributed by atoms with E-state index in [0.29, 0.717) is 11.3 Å². The number of nitrogens with zero attached hydrogens (tertiary/aromatic N) is 2. The number of aliphatic hydroxyl groups excluding tert-OH is 1. The number of aliphatic hydroxyl groups is 1. The molecular weight excluding hydrogens is 228 g/mol. The molecular formula is C14H14N2O2. The Bertz CT molecular complexity index is 541. The van der Waals surface area contributed by atoms with Crippen molar-refractivity contribution in [1.29, 1.82) is 0 Å². The van der Waals surface area contributed by atoms with Gasteiger partial charge in [-0.1, -0.05) is 18.2 Å². The Labute approximate surface area is 106 Å². The number of rotatable bonds is 3. The molecule has 4 heteroatoms. The lowest BCUT2D eigenvalue weighted by Crippen LogP contribution is -2.26. The first-order valence-electron chi connectivity index (χ1n) is 5.61. The minimum absolute atomic E-state index is 0.127. The van der Waals surface area contributed by atoms with Crippen molar-refractivity contribution in [2.45, 2.75) is 6.61 Å². The van der Waals surface area contributed by atoms with Gasteiger partial charge in [0.1, 0.15) is 0 Å². The van der Waals surface area contributed by atoms with Crippen LogP contribution in [-0.2, 0) is 6.61 Å².